The molecule has 0 unspecified atom stereocenters. The Morgan fingerprint density at radius 3 is 2.00 bits per heavy atom. The number of hydrogen-bond acceptors (Lipinski definition) is 4. The van der Waals surface area contributed by atoms with Crippen LogP contribution in [0.3, 0.4) is 0 Å². The third-order valence-electron chi connectivity index (χ3n) is 4.24. The summed E-state index contributed by atoms with van der Waals surface area (Å²) in [7, 11) is -1.82. The molecule has 0 saturated heterocycles. The monoisotopic (exact) mass is 262 g/mol. The predicted molar refractivity (Wildman–Crippen MR) is 69.3 cm³/mol. The highest BCUT2D eigenvalue weighted by Crippen LogP contribution is 2.38. The Hall–Kier alpha value is 0.0569. The van der Waals surface area contributed by atoms with Gasteiger partial charge in [0, 0.05) is 12.5 Å². The summed E-state index contributed by atoms with van der Waals surface area (Å²) >= 11 is 0. The van der Waals surface area contributed by atoms with Crippen LogP contribution in [-0.2, 0) is 4.43 Å². The first-order valence-electron chi connectivity index (χ1n) is 6.24. The standard InChI is InChI=1S/C12H26O4Si/c1-12(2,3)17(4,5)16-7-8-6-9(13)11(15)10(8)14/h8-11,13-15H,6-7H2,1-5H3/t8-,9-,10-,11+/m1/s1. The number of rotatable bonds is 3. The second-order valence-electron chi connectivity index (χ2n) is 6.62. The van der Waals surface area contributed by atoms with E-state index in [-0.39, 0.29) is 11.0 Å². The highest BCUT2D eigenvalue weighted by atomic mass is 28.4. The van der Waals surface area contributed by atoms with Crippen molar-refractivity contribution in [3.8, 4) is 0 Å². The summed E-state index contributed by atoms with van der Waals surface area (Å²) in [6.07, 6.45) is -2.30. The Labute approximate surface area is 105 Å². The van der Waals surface area contributed by atoms with E-state index >= 15 is 0 Å². The lowest BCUT2D eigenvalue weighted by molar-refractivity contribution is -0.0297. The Kier molecular flexibility index (Phi) is 4.42. The second-order valence-corrected chi connectivity index (χ2v) is 11.4. The zero-order valence-corrected chi connectivity index (χ0v) is 12.5. The van der Waals surface area contributed by atoms with Gasteiger partial charge in [0.15, 0.2) is 8.32 Å². The molecule has 1 fully saturated rings. The van der Waals surface area contributed by atoms with Gasteiger partial charge >= 0.3 is 0 Å². The number of aliphatic hydroxyl groups excluding tert-OH is 3. The zero-order chi connectivity index (χ0) is 13.4. The van der Waals surface area contributed by atoms with E-state index in [0.29, 0.717) is 13.0 Å². The molecule has 0 spiro atoms. The van der Waals surface area contributed by atoms with Gasteiger partial charge in [-0.05, 0) is 24.6 Å². The molecular weight excluding hydrogens is 236 g/mol. The normalized spacial score (nSPS) is 35.3. The Morgan fingerprint density at radius 1 is 1.12 bits per heavy atom. The summed E-state index contributed by atoms with van der Waals surface area (Å²) in [4.78, 5) is 0. The van der Waals surface area contributed by atoms with E-state index in [2.05, 4.69) is 33.9 Å². The van der Waals surface area contributed by atoms with Gasteiger partial charge in [0.2, 0.25) is 0 Å². The molecule has 1 aliphatic carbocycles. The Morgan fingerprint density at radius 2 is 1.65 bits per heavy atom. The topological polar surface area (TPSA) is 69.9 Å². The first-order valence-corrected chi connectivity index (χ1v) is 9.15. The summed E-state index contributed by atoms with van der Waals surface area (Å²) < 4.78 is 6.00. The number of hydrogen-bond donors (Lipinski definition) is 3. The average Bonchev–Trinajstić information content (AvgIpc) is 2.41. The average molecular weight is 262 g/mol. The van der Waals surface area contributed by atoms with E-state index in [0.717, 1.165) is 0 Å². The molecule has 0 aromatic carbocycles. The molecule has 0 aromatic rings. The summed E-state index contributed by atoms with van der Waals surface area (Å²) in [6.45, 7) is 11.2. The third kappa shape index (κ3) is 3.29. The largest absolute Gasteiger partial charge is 0.416 e. The van der Waals surface area contributed by atoms with Crippen molar-refractivity contribution in [1.29, 1.82) is 0 Å². The highest BCUT2D eigenvalue weighted by molar-refractivity contribution is 6.74. The minimum Gasteiger partial charge on any atom is -0.416 e. The summed E-state index contributed by atoms with van der Waals surface area (Å²) in [6, 6.07) is 0. The summed E-state index contributed by atoms with van der Waals surface area (Å²) in [5, 5.41) is 28.8. The molecule has 0 bridgehead atoms. The van der Waals surface area contributed by atoms with Gasteiger partial charge in [-0.15, -0.1) is 0 Å². The molecule has 1 rings (SSSR count). The molecule has 102 valence electrons. The molecule has 17 heavy (non-hydrogen) atoms. The molecule has 0 radical (unpaired) electrons. The molecule has 4 atom stereocenters. The molecule has 0 heterocycles. The smallest absolute Gasteiger partial charge is 0.191 e. The van der Waals surface area contributed by atoms with E-state index in [1.165, 1.54) is 0 Å². The summed E-state index contributed by atoms with van der Waals surface area (Å²) in [5.74, 6) is -0.158. The lowest BCUT2D eigenvalue weighted by Crippen LogP contribution is -2.43. The van der Waals surface area contributed by atoms with Crippen molar-refractivity contribution in [2.24, 2.45) is 5.92 Å². The minimum atomic E-state index is -1.82. The van der Waals surface area contributed by atoms with Gasteiger partial charge in [0.25, 0.3) is 0 Å². The van der Waals surface area contributed by atoms with Gasteiger partial charge in [-0.2, -0.15) is 0 Å². The molecule has 1 saturated carbocycles. The van der Waals surface area contributed by atoms with E-state index < -0.39 is 26.6 Å². The van der Waals surface area contributed by atoms with Crippen LogP contribution >= 0.6 is 0 Å². The molecule has 3 N–H and O–H groups in total. The van der Waals surface area contributed by atoms with E-state index in [1.807, 2.05) is 0 Å². The van der Waals surface area contributed by atoms with Gasteiger partial charge in [0.1, 0.15) is 6.10 Å². The van der Waals surface area contributed by atoms with Crippen molar-refractivity contribution in [3.63, 3.8) is 0 Å². The van der Waals surface area contributed by atoms with Crippen LogP contribution < -0.4 is 0 Å². The predicted octanol–water partition coefficient (Wildman–Crippen LogP) is 1.11. The maximum Gasteiger partial charge on any atom is 0.191 e. The van der Waals surface area contributed by atoms with Gasteiger partial charge in [0.05, 0.1) is 12.2 Å². The fourth-order valence-electron chi connectivity index (χ4n) is 1.79. The lowest BCUT2D eigenvalue weighted by atomic mass is 10.1. The van der Waals surface area contributed by atoms with Crippen molar-refractivity contribution in [1.82, 2.24) is 0 Å². The van der Waals surface area contributed by atoms with Crippen LogP contribution in [0.2, 0.25) is 18.1 Å². The van der Waals surface area contributed by atoms with Crippen LogP contribution in [0.1, 0.15) is 27.2 Å². The van der Waals surface area contributed by atoms with Crippen LogP contribution in [0.4, 0.5) is 0 Å². The van der Waals surface area contributed by atoms with Crippen LogP contribution in [0.25, 0.3) is 0 Å². The maximum atomic E-state index is 9.75. The van der Waals surface area contributed by atoms with Gasteiger partial charge in [-0.1, -0.05) is 20.8 Å². The fourth-order valence-corrected chi connectivity index (χ4v) is 2.86. The van der Waals surface area contributed by atoms with E-state index in [1.54, 1.807) is 0 Å². The van der Waals surface area contributed by atoms with Gasteiger partial charge in [-0.25, -0.2) is 0 Å². The second kappa shape index (κ2) is 4.97. The molecule has 5 heteroatoms. The molecular formula is C12H26O4Si. The maximum absolute atomic E-state index is 9.75. The SMILES string of the molecule is CC(C)(C)[Si](C)(C)OC[C@H]1C[C@@H](O)[C@H](O)[C@@H]1O. The van der Waals surface area contributed by atoms with E-state index in [4.69, 9.17) is 4.43 Å². The fraction of sp³-hybridized carbons (Fsp3) is 1.00. The molecule has 1 aliphatic rings. The third-order valence-corrected chi connectivity index (χ3v) is 8.74. The van der Waals surface area contributed by atoms with Crippen molar-refractivity contribution in [2.45, 2.75) is 63.6 Å². The first kappa shape index (κ1) is 15.1. The van der Waals surface area contributed by atoms with Crippen LogP contribution in [0.5, 0.6) is 0 Å². The lowest BCUT2D eigenvalue weighted by Gasteiger charge is -2.37. The molecule has 0 amide bonds. The van der Waals surface area contributed by atoms with Crippen LogP contribution in [-0.4, -0.2) is 48.6 Å². The van der Waals surface area contributed by atoms with Crippen LogP contribution in [0.15, 0.2) is 0 Å². The molecule has 0 aliphatic heterocycles. The highest BCUT2D eigenvalue weighted by Gasteiger charge is 2.43. The molecule has 4 nitrogen and oxygen atoms in total. The summed E-state index contributed by atoms with van der Waals surface area (Å²) in [5.41, 5.74) is 0. The van der Waals surface area contributed by atoms with Crippen molar-refractivity contribution in [3.05, 3.63) is 0 Å². The van der Waals surface area contributed by atoms with Crippen molar-refractivity contribution >= 4 is 8.32 Å². The first-order chi connectivity index (χ1) is 7.56. The van der Waals surface area contributed by atoms with Crippen molar-refractivity contribution in [2.75, 3.05) is 6.61 Å². The molecule has 0 aromatic heterocycles. The number of aliphatic hydroxyl groups is 3. The van der Waals surface area contributed by atoms with Gasteiger partial charge < -0.3 is 19.7 Å². The zero-order valence-electron chi connectivity index (χ0n) is 11.5. The quantitative estimate of drug-likeness (QED) is 0.666. The van der Waals surface area contributed by atoms with E-state index in [9.17, 15) is 15.3 Å². The van der Waals surface area contributed by atoms with Crippen LogP contribution in [0, 0.1) is 5.92 Å². The minimum absolute atomic E-state index is 0.133. The van der Waals surface area contributed by atoms with Crippen molar-refractivity contribution < 1.29 is 19.7 Å². The Balaban J connectivity index is 2.53. The Bertz CT molecular complexity index is 262. The van der Waals surface area contributed by atoms with Gasteiger partial charge in [-0.3, -0.25) is 0 Å².